The third-order valence-corrected chi connectivity index (χ3v) is 6.62. The monoisotopic (exact) mass is 466 g/mol. The van der Waals surface area contributed by atoms with Crippen LogP contribution in [0.25, 0.3) is 0 Å². The van der Waals surface area contributed by atoms with Crippen molar-refractivity contribution in [3.63, 3.8) is 0 Å². The molecule has 1 aromatic heterocycles. The minimum atomic E-state index is -3.86. The molecule has 1 unspecified atom stereocenters. The summed E-state index contributed by atoms with van der Waals surface area (Å²) in [7, 11) is -3.86. The molecule has 1 aliphatic rings. The second-order valence-corrected chi connectivity index (χ2v) is 9.40. The van der Waals surface area contributed by atoms with Crippen molar-refractivity contribution < 1.29 is 22.7 Å². The van der Waals surface area contributed by atoms with Gasteiger partial charge in [0.2, 0.25) is 17.7 Å². The van der Waals surface area contributed by atoms with Gasteiger partial charge in [0, 0.05) is 30.3 Å². The summed E-state index contributed by atoms with van der Waals surface area (Å²) < 4.78 is 33.9. The highest BCUT2D eigenvalue weighted by Gasteiger charge is 2.30. The van der Waals surface area contributed by atoms with Crippen molar-refractivity contribution in [3.8, 4) is 11.6 Å². The molecule has 33 heavy (non-hydrogen) atoms. The van der Waals surface area contributed by atoms with Crippen LogP contribution in [-0.2, 0) is 21.2 Å². The number of rotatable bonds is 6. The van der Waals surface area contributed by atoms with Crippen molar-refractivity contribution in [1.29, 1.82) is 0 Å². The predicted octanol–water partition coefficient (Wildman–Crippen LogP) is 3.07. The molecule has 0 aliphatic carbocycles. The van der Waals surface area contributed by atoms with Crippen molar-refractivity contribution in [2.45, 2.75) is 31.2 Å². The summed E-state index contributed by atoms with van der Waals surface area (Å²) in [6, 6.07) is 14.1. The molecule has 0 spiro atoms. The first-order chi connectivity index (χ1) is 15.6. The minimum Gasteiger partial charge on any atom is -0.439 e. The average Bonchev–Trinajstić information content (AvgIpc) is 3.10. The van der Waals surface area contributed by atoms with Gasteiger partial charge in [0.1, 0.15) is 5.75 Å². The summed E-state index contributed by atoms with van der Waals surface area (Å²) in [5, 5.41) is 0. The van der Waals surface area contributed by atoms with Crippen LogP contribution in [0.1, 0.15) is 29.8 Å². The van der Waals surface area contributed by atoms with E-state index in [2.05, 4.69) is 9.71 Å². The highest BCUT2D eigenvalue weighted by atomic mass is 32.2. The summed E-state index contributed by atoms with van der Waals surface area (Å²) in [6.45, 7) is 3.42. The number of nitrogens with two attached hydrogens (primary N) is 1. The second kappa shape index (κ2) is 8.55. The molecule has 3 aromatic rings. The summed E-state index contributed by atoms with van der Waals surface area (Å²) in [5.74, 6) is -0.0626. The quantitative estimate of drug-likeness (QED) is 0.574. The fourth-order valence-corrected chi connectivity index (χ4v) is 4.90. The normalized spacial score (nSPS) is 15.1. The first-order valence-corrected chi connectivity index (χ1v) is 11.6. The molecule has 0 radical (unpaired) electrons. The molecule has 0 fully saturated rings. The van der Waals surface area contributed by atoms with Crippen LogP contribution in [0.2, 0.25) is 0 Å². The molecule has 9 nitrogen and oxygen atoms in total. The number of primary amides is 1. The molecule has 0 bridgehead atoms. The first kappa shape index (κ1) is 22.3. The molecule has 3 N–H and O–H groups in total. The van der Waals surface area contributed by atoms with Crippen LogP contribution < -0.4 is 20.1 Å². The summed E-state index contributed by atoms with van der Waals surface area (Å²) >= 11 is 0. The van der Waals surface area contributed by atoms with Gasteiger partial charge in [-0.3, -0.25) is 14.3 Å². The maximum Gasteiger partial charge on any atom is 0.261 e. The number of hydrogen-bond donors (Lipinski definition) is 2. The van der Waals surface area contributed by atoms with Crippen LogP contribution in [0.5, 0.6) is 11.6 Å². The largest absolute Gasteiger partial charge is 0.439 e. The number of benzene rings is 2. The Hall–Kier alpha value is -3.92. The Bertz CT molecular complexity index is 1340. The number of nitrogens with zero attached hydrogens (tertiary/aromatic N) is 2. The van der Waals surface area contributed by atoms with Gasteiger partial charge in [-0.1, -0.05) is 6.07 Å². The highest BCUT2D eigenvalue weighted by molar-refractivity contribution is 7.92. The third-order valence-electron chi connectivity index (χ3n) is 5.25. The van der Waals surface area contributed by atoms with Gasteiger partial charge < -0.3 is 15.4 Å². The Kier molecular flexibility index (Phi) is 5.77. The van der Waals surface area contributed by atoms with Crippen LogP contribution >= 0.6 is 0 Å². The van der Waals surface area contributed by atoms with Crippen LogP contribution in [0.15, 0.2) is 65.7 Å². The van der Waals surface area contributed by atoms with Crippen molar-refractivity contribution in [3.05, 3.63) is 71.9 Å². The number of carbonyl (C=O) groups is 2. The Balaban J connectivity index is 1.49. The standard InChI is InChI=1S/C23H22N4O5S/c1-14-10-17-12-20(7-8-21(17)27(14)15(2)28)33(30,31)26-18-6-9-22(25-13-18)32-19-5-3-4-16(11-19)23(24)29/h3-9,11-14,26H,10H2,1-2H3,(H2,24,29). The molecule has 1 atom stereocenters. The number of pyridine rings is 1. The zero-order valence-corrected chi connectivity index (χ0v) is 18.8. The summed E-state index contributed by atoms with van der Waals surface area (Å²) in [4.78, 5) is 29.1. The number of carbonyl (C=O) groups excluding carboxylic acids is 2. The number of aromatic nitrogens is 1. The van der Waals surface area contributed by atoms with Crippen molar-refractivity contribution in [1.82, 2.24) is 4.98 Å². The van der Waals surface area contributed by atoms with E-state index in [1.165, 1.54) is 37.4 Å². The Morgan fingerprint density at radius 1 is 1.15 bits per heavy atom. The number of amides is 2. The van der Waals surface area contributed by atoms with E-state index in [9.17, 15) is 18.0 Å². The number of hydrogen-bond acceptors (Lipinski definition) is 6. The van der Waals surface area contributed by atoms with Crippen LogP contribution in [0, 0.1) is 0 Å². The molecule has 1 aliphatic heterocycles. The summed E-state index contributed by atoms with van der Waals surface area (Å²) in [5.41, 5.74) is 7.36. The number of nitrogens with one attached hydrogen (secondary N) is 1. The van der Waals surface area contributed by atoms with E-state index in [0.29, 0.717) is 17.7 Å². The molecule has 2 amide bonds. The molecule has 4 rings (SSSR count). The molecule has 2 aromatic carbocycles. The first-order valence-electron chi connectivity index (χ1n) is 10.1. The van der Waals surface area contributed by atoms with E-state index in [4.69, 9.17) is 10.5 Å². The molecule has 170 valence electrons. The van der Waals surface area contributed by atoms with Gasteiger partial charge >= 0.3 is 0 Å². The minimum absolute atomic E-state index is 0.0242. The third kappa shape index (κ3) is 4.65. The Morgan fingerprint density at radius 2 is 1.94 bits per heavy atom. The lowest BCUT2D eigenvalue weighted by atomic mass is 10.1. The maximum absolute atomic E-state index is 12.9. The van der Waals surface area contributed by atoms with Gasteiger partial charge in [0.15, 0.2) is 0 Å². The lowest BCUT2D eigenvalue weighted by Gasteiger charge is -2.20. The van der Waals surface area contributed by atoms with Gasteiger partial charge in [-0.05, 0) is 61.4 Å². The average molecular weight is 467 g/mol. The van der Waals surface area contributed by atoms with Gasteiger partial charge in [-0.25, -0.2) is 13.4 Å². The highest BCUT2D eigenvalue weighted by Crippen LogP contribution is 2.34. The van der Waals surface area contributed by atoms with Crippen molar-refractivity contribution in [2.75, 3.05) is 9.62 Å². The molecular weight excluding hydrogens is 444 g/mol. The number of sulfonamides is 1. The Labute approximate surface area is 191 Å². The van der Waals surface area contributed by atoms with E-state index in [0.717, 1.165) is 11.3 Å². The lowest BCUT2D eigenvalue weighted by molar-refractivity contribution is -0.116. The fourth-order valence-electron chi connectivity index (χ4n) is 3.80. The van der Waals surface area contributed by atoms with E-state index >= 15 is 0 Å². The maximum atomic E-state index is 12.9. The van der Waals surface area contributed by atoms with Gasteiger partial charge in [0.25, 0.3) is 10.0 Å². The number of anilines is 2. The van der Waals surface area contributed by atoms with E-state index in [1.54, 1.807) is 35.2 Å². The number of ether oxygens (including phenoxy) is 1. The van der Waals surface area contributed by atoms with E-state index < -0.39 is 15.9 Å². The van der Waals surface area contributed by atoms with E-state index in [1.807, 2.05) is 6.92 Å². The van der Waals surface area contributed by atoms with Gasteiger partial charge in [-0.2, -0.15) is 0 Å². The van der Waals surface area contributed by atoms with Gasteiger partial charge in [0.05, 0.1) is 16.8 Å². The van der Waals surface area contributed by atoms with Crippen LogP contribution in [0.4, 0.5) is 11.4 Å². The van der Waals surface area contributed by atoms with Crippen molar-refractivity contribution in [2.24, 2.45) is 5.73 Å². The van der Waals surface area contributed by atoms with Crippen LogP contribution in [0.3, 0.4) is 0 Å². The number of fused-ring (bicyclic) bond motifs is 1. The van der Waals surface area contributed by atoms with E-state index in [-0.39, 0.29) is 28.4 Å². The zero-order chi connectivity index (χ0) is 23.8. The topological polar surface area (TPSA) is 132 Å². The predicted molar refractivity (Wildman–Crippen MR) is 123 cm³/mol. The molecule has 10 heteroatoms. The van der Waals surface area contributed by atoms with Crippen molar-refractivity contribution >= 4 is 33.2 Å². The molecular formula is C23H22N4O5S. The SMILES string of the molecule is CC(=O)N1c2ccc(S(=O)(=O)Nc3ccc(Oc4cccc(C(N)=O)c4)nc3)cc2CC1C. The second-order valence-electron chi connectivity index (χ2n) is 7.72. The molecule has 0 saturated carbocycles. The molecule has 0 saturated heterocycles. The zero-order valence-electron chi connectivity index (χ0n) is 18.0. The summed E-state index contributed by atoms with van der Waals surface area (Å²) in [6.07, 6.45) is 1.92. The fraction of sp³-hybridized carbons (Fsp3) is 0.174. The Morgan fingerprint density at radius 3 is 2.61 bits per heavy atom. The smallest absolute Gasteiger partial charge is 0.261 e. The lowest BCUT2D eigenvalue weighted by Crippen LogP contribution is -2.33. The van der Waals surface area contributed by atoms with Crippen LogP contribution in [-0.4, -0.2) is 31.3 Å². The van der Waals surface area contributed by atoms with Gasteiger partial charge in [-0.15, -0.1) is 0 Å². The molecule has 2 heterocycles.